The predicted octanol–water partition coefficient (Wildman–Crippen LogP) is 4.40. The number of rotatable bonds is 2. The molecule has 1 aromatic heterocycles. The van der Waals surface area contributed by atoms with Gasteiger partial charge >= 0.3 is 12.2 Å². The van der Waals surface area contributed by atoms with E-state index in [-0.39, 0.29) is 11.5 Å². The zero-order valence-electron chi connectivity index (χ0n) is 10.4. The average molecular weight is 316 g/mol. The molecule has 0 fully saturated rings. The summed E-state index contributed by atoms with van der Waals surface area (Å²) in [6, 6.07) is 6.52. The van der Waals surface area contributed by atoms with E-state index in [0.717, 1.165) is 24.3 Å². The fourth-order valence-electron chi connectivity index (χ4n) is 1.47. The molecule has 0 aliphatic heterocycles. The van der Waals surface area contributed by atoms with Crippen LogP contribution in [0.25, 0.3) is 0 Å². The highest BCUT2D eigenvalue weighted by Gasteiger charge is 2.29. The number of amides is 2. The molecule has 1 heterocycles. The van der Waals surface area contributed by atoms with Gasteiger partial charge in [-0.15, -0.1) is 0 Å². The summed E-state index contributed by atoms with van der Waals surface area (Å²) in [4.78, 5) is 15.5. The van der Waals surface area contributed by atoms with Crippen LogP contribution in [0.15, 0.2) is 42.6 Å². The molecule has 0 unspecified atom stereocenters. The molecule has 2 rings (SSSR count). The quantitative estimate of drug-likeness (QED) is 0.863. The molecule has 8 heteroatoms. The second-order valence-corrected chi connectivity index (χ2v) is 4.45. The predicted molar refractivity (Wildman–Crippen MR) is 73.3 cm³/mol. The molecule has 2 N–H and O–H groups in total. The Morgan fingerprint density at radius 3 is 2.24 bits per heavy atom. The zero-order valence-corrected chi connectivity index (χ0v) is 11.2. The van der Waals surface area contributed by atoms with Crippen molar-refractivity contribution in [2.75, 3.05) is 10.6 Å². The number of nitrogens with one attached hydrogen (secondary N) is 2. The zero-order chi connectivity index (χ0) is 15.5. The number of hydrogen-bond donors (Lipinski definition) is 2. The molecule has 0 bridgehead atoms. The molecular formula is C13H9ClF3N3O. The smallest absolute Gasteiger partial charge is 0.308 e. The van der Waals surface area contributed by atoms with E-state index in [1.54, 1.807) is 6.07 Å². The molecule has 0 saturated carbocycles. The summed E-state index contributed by atoms with van der Waals surface area (Å²) in [7, 11) is 0. The van der Waals surface area contributed by atoms with Crippen molar-refractivity contribution < 1.29 is 18.0 Å². The van der Waals surface area contributed by atoms with Crippen molar-refractivity contribution in [2.24, 2.45) is 0 Å². The highest BCUT2D eigenvalue weighted by molar-refractivity contribution is 6.30. The van der Waals surface area contributed by atoms with Crippen LogP contribution < -0.4 is 10.6 Å². The summed E-state index contributed by atoms with van der Waals surface area (Å²) in [5.41, 5.74) is -0.553. The molecule has 1 aromatic carbocycles. The number of carbonyl (C=O) groups is 1. The summed E-state index contributed by atoms with van der Waals surface area (Å²) >= 11 is 5.65. The third-order valence-corrected chi connectivity index (χ3v) is 2.66. The topological polar surface area (TPSA) is 54.0 Å². The van der Waals surface area contributed by atoms with Gasteiger partial charge in [0, 0.05) is 11.9 Å². The van der Waals surface area contributed by atoms with E-state index in [4.69, 9.17) is 11.6 Å². The lowest BCUT2D eigenvalue weighted by molar-refractivity contribution is -0.137. The lowest BCUT2D eigenvalue weighted by atomic mass is 10.2. The molecule has 0 saturated heterocycles. The number of carbonyl (C=O) groups excluding carboxylic acids is 1. The van der Waals surface area contributed by atoms with Gasteiger partial charge in [0.1, 0.15) is 5.82 Å². The Morgan fingerprint density at radius 2 is 1.71 bits per heavy atom. The minimum absolute atomic E-state index is 0.231. The lowest BCUT2D eigenvalue weighted by Crippen LogP contribution is -2.20. The Labute approximate surface area is 122 Å². The minimum Gasteiger partial charge on any atom is -0.308 e. The van der Waals surface area contributed by atoms with Crippen molar-refractivity contribution in [2.45, 2.75) is 6.18 Å². The summed E-state index contributed by atoms with van der Waals surface area (Å²) in [5, 5.41) is 5.23. The third kappa shape index (κ3) is 4.35. The number of urea groups is 1. The van der Waals surface area contributed by atoms with Gasteiger partial charge in [0.25, 0.3) is 0 Å². The van der Waals surface area contributed by atoms with Gasteiger partial charge in [-0.05, 0) is 36.4 Å². The first-order valence-electron chi connectivity index (χ1n) is 5.71. The van der Waals surface area contributed by atoms with Gasteiger partial charge in [-0.25, -0.2) is 9.78 Å². The Morgan fingerprint density at radius 1 is 1.05 bits per heavy atom. The van der Waals surface area contributed by atoms with Gasteiger partial charge in [0.2, 0.25) is 0 Å². The van der Waals surface area contributed by atoms with Crippen LogP contribution in [0.4, 0.5) is 29.5 Å². The van der Waals surface area contributed by atoms with E-state index < -0.39 is 17.8 Å². The number of nitrogens with zero attached hydrogens (tertiary/aromatic N) is 1. The first-order chi connectivity index (χ1) is 9.84. The van der Waals surface area contributed by atoms with Crippen LogP contribution in [0.3, 0.4) is 0 Å². The number of pyridine rings is 1. The molecule has 4 nitrogen and oxygen atoms in total. The van der Waals surface area contributed by atoms with Crippen molar-refractivity contribution in [1.82, 2.24) is 4.98 Å². The molecule has 2 amide bonds. The molecule has 0 aliphatic carbocycles. The summed E-state index contributed by atoms with van der Waals surface area (Å²) < 4.78 is 37.2. The molecule has 2 aromatic rings. The fourth-order valence-corrected chi connectivity index (χ4v) is 1.58. The van der Waals surface area contributed by atoms with Crippen LogP contribution in [-0.4, -0.2) is 11.0 Å². The molecule has 110 valence electrons. The van der Waals surface area contributed by atoms with Crippen LogP contribution in [0.2, 0.25) is 5.02 Å². The van der Waals surface area contributed by atoms with Gasteiger partial charge in [0.15, 0.2) is 0 Å². The van der Waals surface area contributed by atoms with Crippen molar-refractivity contribution in [3.05, 3.63) is 53.2 Å². The molecule has 21 heavy (non-hydrogen) atoms. The number of benzene rings is 1. The Kier molecular flexibility index (Phi) is 4.32. The number of anilines is 2. The number of aromatic nitrogens is 1. The van der Waals surface area contributed by atoms with E-state index in [0.29, 0.717) is 5.02 Å². The third-order valence-electron chi connectivity index (χ3n) is 2.44. The maximum absolute atomic E-state index is 12.4. The van der Waals surface area contributed by atoms with E-state index in [1.807, 2.05) is 0 Å². The maximum atomic E-state index is 12.4. The second kappa shape index (κ2) is 6.01. The van der Waals surface area contributed by atoms with Gasteiger partial charge in [-0.2, -0.15) is 13.2 Å². The lowest BCUT2D eigenvalue weighted by Gasteiger charge is -2.09. The Bertz CT molecular complexity index is 627. The molecule has 0 radical (unpaired) electrons. The van der Waals surface area contributed by atoms with Crippen LogP contribution in [0.1, 0.15) is 5.56 Å². The van der Waals surface area contributed by atoms with Crippen LogP contribution >= 0.6 is 11.6 Å². The summed E-state index contributed by atoms with van der Waals surface area (Å²) in [6.45, 7) is 0. The van der Waals surface area contributed by atoms with Gasteiger partial charge in [-0.3, -0.25) is 5.32 Å². The van der Waals surface area contributed by atoms with Crippen molar-refractivity contribution in [3.63, 3.8) is 0 Å². The number of hydrogen-bond acceptors (Lipinski definition) is 2. The van der Waals surface area contributed by atoms with E-state index >= 15 is 0 Å². The molecule has 0 spiro atoms. The Balaban J connectivity index is 1.98. The van der Waals surface area contributed by atoms with Crippen molar-refractivity contribution in [1.29, 1.82) is 0 Å². The Hall–Kier alpha value is -2.28. The fraction of sp³-hybridized carbons (Fsp3) is 0.0769. The highest BCUT2D eigenvalue weighted by Crippen LogP contribution is 2.29. The SMILES string of the molecule is O=C(Nc1ccc(C(F)(F)F)cc1)Nc1ccc(Cl)cn1. The molecular weight excluding hydrogens is 307 g/mol. The normalized spacial score (nSPS) is 11.0. The van der Waals surface area contributed by atoms with Gasteiger partial charge in [0.05, 0.1) is 10.6 Å². The average Bonchev–Trinajstić information content (AvgIpc) is 2.41. The summed E-state index contributed by atoms with van der Waals surface area (Å²) in [6.07, 6.45) is -3.05. The van der Waals surface area contributed by atoms with Crippen LogP contribution in [0, 0.1) is 0 Å². The monoisotopic (exact) mass is 315 g/mol. The van der Waals surface area contributed by atoms with Gasteiger partial charge in [-0.1, -0.05) is 11.6 Å². The minimum atomic E-state index is -4.41. The highest BCUT2D eigenvalue weighted by atomic mass is 35.5. The standard InChI is InChI=1S/C13H9ClF3N3O/c14-9-3-6-11(18-7-9)20-12(21)19-10-4-1-8(2-5-10)13(15,16)17/h1-7H,(H2,18,19,20,21). The van der Waals surface area contributed by atoms with Gasteiger partial charge < -0.3 is 5.32 Å². The largest absolute Gasteiger partial charge is 0.416 e. The second-order valence-electron chi connectivity index (χ2n) is 4.02. The molecule has 0 aliphatic rings. The molecule has 0 atom stereocenters. The van der Waals surface area contributed by atoms with Crippen LogP contribution in [0.5, 0.6) is 0 Å². The first-order valence-corrected chi connectivity index (χ1v) is 6.09. The summed E-state index contributed by atoms with van der Waals surface area (Å²) in [5.74, 6) is 0.267. The van der Waals surface area contributed by atoms with Crippen molar-refractivity contribution in [3.8, 4) is 0 Å². The van der Waals surface area contributed by atoms with Crippen molar-refractivity contribution >= 4 is 29.1 Å². The maximum Gasteiger partial charge on any atom is 0.416 e. The number of halogens is 4. The van der Waals surface area contributed by atoms with E-state index in [2.05, 4.69) is 15.6 Å². The number of alkyl halides is 3. The van der Waals surface area contributed by atoms with E-state index in [1.165, 1.54) is 12.3 Å². The first kappa shape index (κ1) is 15.1. The van der Waals surface area contributed by atoms with E-state index in [9.17, 15) is 18.0 Å². The van der Waals surface area contributed by atoms with Crippen LogP contribution in [-0.2, 0) is 6.18 Å².